The standard InChI is InChI=1S/C17H18O4/c1-16(20,15(18)19)17(21-2,13-9-5-3-6-10-13)14-11-7-4-8-12-14/h3-12,20H,1-2H3,(H,18,19). The highest BCUT2D eigenvalue weighted by atomic mass is 16.5. The summed E-state index contributed by atoms with van der Waals surface area (Å²) in [6.07, 6.45) is 0. The van der Waals surface area contributed by atoms with Gasteiger partial charge in [-0.15, -0.1) is 0 Å². The van der Waals surface area contributed by atoms with Crippen LogP contribution in [0.4, 0.5) is 0 Å². The molecular weight excluding hydrogens is 268 g/mol. The van der Waals surface area contributed by atoms with E-state index in [2.05, 4.69) is 0 Å². The van der Waals surface area contributed by atoms with E-state index < -0.39 is 17.2 Å². The van der Waals surface area contributed by atoms with E-state index in [9.17, 15) is 15.0 Å². The van der Waals surface area contributed by atoms with E-state index in [0.29, 0.717) is 11.1 Å². The fourth-order valence-electron chi connectivity index (χ4n) is 2.66. The topological polar surface area (TPSA) is 66.8 Å². The first-order valence-electron chi connectivity index (χ1n) is 6.59. The van der Waals surface area contributed by atoms with Gasteiger partial charge in [0.05, 0.1) is 0 Å². The van der Waals surface area contributed by atoms with Gasteiger partial charge in [0.15, 0.2) is 11.2 Å². The lowest BCUT2D eigenvalue weighted by Crippen LogP contribution is -2.57. The lowest BCUT2D eigenvalue weighted by Gasteiger charge is -2.42. The Hall–Kier alpha value is -2.17. The number of aliphatic carboxylic acids is 1. The van der Waals surface area contributed by atoms with Gasteiger partial charge in [-0.2, -0.15) is 0 Å². The van der Waals surface area contributed by atoms with Crippen LogP contribution in [-0.2, 0) is 15.1 Å². The Bertz CT molecular complexity index is 566. The molecular formula is C17H18O4. The van der Waals surface area contributed by atoms with Gasteiger partial charge in [-0.05, 0) is 18.1 Å². The molecule has 0 radical (unpaired) electrons. The Morgan fingerprint density at radius 1 is 0.952 bits per heavy atom. The molecule has 21 heavy (non-hydrogen) atoms. The number of rotatable bonds is 5. The largest absolute Gasteiger partial charge is 0.479 e. The molecule has 1 atom stereocenters. The third-order valence-corrected chi connectivity index (χ3v) is 3.77. The molecule has 0 aromatic heterocycles. The van der Waals surface area contributed by atoms with Gasteiger partial charge >= 0.3 is 5.97 Å². The monoisotopic (exact) mass is 286 g/mol. The fourth-order valence-corrected chi connectivity index (χ4v) is 2.66. The Kier molecular flexibility index (Phi) is 4.11. The summed E-state index contributed by atoms with van der Waals surface area (Å²) < 4.78 is 5.61. The van der Waals surface area contributed by atoms with Crippen molar-refractivity contribution in [3.05, 3.63) is 71.8 Å². The van der Waals surface area contributed by atoms with Crippen LogP contribution in [0.2, 0.25) is 0 Å². The molecule has 0 saturated carbocycles. The number of ether oxygens (including phenoxy) is 1. The van der Waals surface area contributed by atoms with E-state index in [1.807, 2.05) is 12.1 Å². The molecule has 110 valence electrons. The van der Waals surface area contributed by atoms with Crippen molar-refractivity contribution in [1.29, 1.82) is 0 Å². The molecule has 0 bridgehead atoms. The first-order chi connectivity index (χ1) is 9.96. The molecule has 0 aliphatic heterocycles. The van der Waals surface area contributed by atoms with Gasteiger partial charge in [0.1, 0.15) is 0 Å². The number of hydrogen-bond donors (Lipinski definition) is 2. The summed E-state index contributed by atoms with van der Waals surface area (Å²) in [7, 11) is 1.40. The number of carboxylic acid groups (broad SMARTS) is 1. The Morgan fingerprint density at radius 2 is 1.33 bits per heavy atom. The predicted octanol–water partition coefficient (Wildman–Crippen LogP) is 2.41. The number of hydrogen-bond acceptors (Lipinski definition) is 3. The molecule has 0 aliphatic rings. The average Bonchev–Trinajstić information content (AvgIpc) is 2.50. The van der Waals surface area contributed by atoms with Crippen molar-refractivity contribution in [2.45, 2.75) is 18.1 Å². The van der Waals surface area contributed by atoms with Gasteiger partial charge in [-0.1, -0.05) is 60.7 Å². The third-order valence-electron chi connectivity index (χ3n) is 3.77. The molecule has 1 unspecified atom stereocenters. The minimum Gasteiger partial charge on any atom is -0.479 e. The zero-order valence-electron chi connectivity index (χ0n) is 12.0. The maximum Gasteiger partial charge on any atom is 0.339 e. The molecule has 4 heteroatoms. The van der Waals surface area contributed by atoms with Gasteiger partial charge in [-0.25, -0.2) is 4.79 Å². The van der Waals surface area contributed by atoms with Crippen LogP contribution in [0.3, 0.4) is 0 Å². The lowest BCUT2D eigenvalue weighted by molar-refractivity contribution is -0.188. The van der Waals surface area contributed by atoms with E-state index in [1.54, 1.807) is 48.5 Å². The number of methoxy groups -OCH3 is 1. The smallest absolute Gasteiger partial charge is 0.339 e. The summed E-state index contributed by atoms with van der Waals surface area (Å²) in [5, 5.41) is 20.2. The molecule has 0 spiro atoms. The number of carboxylic acids is 1. The predicted molar refractivity (Wildman–Crippen MR) is 78.9 cm³/mol. The molecule has 4 nitrogen and oxygen atoms in total. The summed E-state index contributed by atoms with van der Waals surface area (Å²) in [4.78, 5) is 11.6. The summed E-state index contributed by atoms with van der Waals surface area (Å²) in [6.45, 7) is 1.25. The quantitative estimate of drug-likeness (QED) is 0.886. The lowest BCUT2D eigenvalue weighted by atomic mass is 9.73. The maximum atomic E-state index is 11.6. The summed E-state index contributed by atoms with van der Waals surface area (Å²) >= 11 is 0. The first-order valence-corrected chi connectivity index (χ1v) is 6.59. The highest BCUT2D eigenvalue weighted by Gasteiger charge is 2.55. The molecule has 0 heterocycles. The molecule has 2 aromatic rings. The van der Waals surface area contributed by atoms with Crippen molar-refractivity contribution in [2.75, 3.05) is 7.11 Å². The average molecular weight is 286 g/mol. The normalized spacial score (nSPS) is 14.4. The van der Waals surface area contributed by atoms with Crippen LogP contribution in [0.1, 0.15) is 18.1 Å². The van der Waals surface area contributed by atoms with Gasteiger partial charge in [-0.3, -0.25) is 0 Å². The summed E-state index contributed by atoms with van der Waals surface area (Å²) in [5.74, 6) is -1.35. The van der Waals surface area contributed by atoms with Gasteiger partial charge in [0.2, 0.25) is 0 Å². The second-order valence-corrected chi connectivity index (χ2v) is 4.99. The van der Waals surface area contributed by atoms with Crippen LogP contribution >= 0.6 is 0 Å². The van der Waals surface area contributed by atoms with Crippen molar-refractivity contribution in [3.8, 4) is 0 Å². The summed E-state index contributed by atoms with van der Waals surface area (Å²) in [6, 6.07) is 17.8. The van der Waals surface area contributed by atoms with Crippen molar-refractivity contribution in [2.24, 2.45) is 0 Å². The van der Waals surface area contributed by atoms with Gasteiger partial charge < -0.3 is 14.9 Å². The third kappa shape index (κ3) is 2.33. The molecule has 2 rings (SSSR count). The van der Waals surface area contributed by atoms with Crippen molar-refractivity contribution in [3.63, 3.8) is 0 Å². The summed E-state index contributed by atoms with van der Waals surface area (Å²) in [5.41, 5.74) is -2.48. The van der Waals surface area contributed by atoms with Gasteiger partial charge in [0, 0.05) is 7.11 Å². The molecule has 0 amide bonds. The first kappa shape index (κ1) is 15.2. The van der Waals surface area contributed by atoms with E-state index in [-0.39, 0.29) is 0 Å². The molecule has 0 saturated heterocycles. The minimum absolute atomic E-state index is 0.575. The number of benzene rings is 2. The molecule has 0 fully saturated rings. The van der Waals surface area contributed by atoms with E-state index in [0.717, 1.165) is 0 Å². The molecule has 2 aromatic carbocycles. The zero-order chi connectivity index (χ0) is 15.5. The Labute approximate surface area is 123 Å². The second kappa shape index (κ2) is 5.68. The van der Waals surface area contributed by atoms with Crippen LogP contribution in [0.5, 0.6) is 0 Å². The maximum absolute atomic E-state index is 11.6. The Balaban J connectivity index is 2.78. The van der Waals surface area contributed by atoms with Crippen LogP contribution in [-0.4, -0.2) is 28.9 Å². The van der Waals surface area contributed by atoms with Crippen LogP contribution in [0.25, 0.3) is 0 Å². The second-order valence-electron chi connectivity index (χ2n) is 4.99. The van der Waals surface area contributed by atoms with Crippen molar-refractivity contribution >= 4 is 5.97 Å². The SMILES string of the molecule is COC(c1ccccc1)(c1ccccc1)C(C)(O)C(=O)O. The van der Waals surface area contributed by atoms with Crippen LogP contribution in [0, 0.1) is 0 Å². The van der Waals surface area contributed by atoms with E-state index in [1.165, 1.54) is 14.0 Å². The number of aliphatic hydroxyl groups is 1. The van der Waals surface area contributed by atoms with E-state index >= 15 is 0 Å². The van der Waals surface area contributed by atoms with Crippen molar-refractivity contribution < 1.29 is 19.7 Å². The fraction of sp³-hybridized carbons (Fsp3) is 0.235. The van der Waals surface area contributed by atoms with Crippen molar-refractivity contribution in [1.82, 2.24) is 0 Å². The molecule has 0 aliphatic carbocycles. The highest BCUT2D eigenvalue weighted by molar-refractivity contribution is 5.80. The van der Waals surface area contributed by atoms with E-state index in [4.69, 9.17) is 4.74 Å². The zero-order valence-corrected chi connectivity index (χ0v) is 12.0. The number of carbonyl (C=O) groups is 1. The van der Waals surface area contributed by atoms with Crippen LogP contribution < -0.4 is 0 Å². The minimum atomic E-state index is -2.13. The highest BCUT2D eigenvalue weighted by Crippen LogP contribution is 2.42. The molecule has 2 N–H and O–H groups in total. The Morgan fingerprint density at radius 3 is 1.62 bits per heavy atom. The van der Waals surface area contributed by atoms with Gasteiger partial charge in [0.25, 0.3) is 0 Å². The van der Waals surface area contributed by atoms with Crippen LogP contribution in [0.15, 0.2) is 60.7 Å².